The maximum absolute atomic E-state index is 12.4. The molecule has 0 N–H and O–H groups in total. The maximum atomic E-state index is 12.4. The van der Waals surface area contributed by atoms with Gasteiger partial charge in [-0.05, 0) is 50.8 Å². The largest absolute Gasteiger partial charge is 0.486 e. The van der Waals surface area contributed by atoms with E-state index in [0.717, 1.165) is 17.7 Å². The molecule has 1 aliphatic carbocycles. The van der Waals surface area contributed by atoms with Gasteiger partial charge in [0.15, 0.2) is 0 Å². The Morgan fingerprint density at radius 2 is 1.94 bits per heavy atom. The summed E-state index contributed by atoms with van der Waals surface area (Å²) in [5.41, 5.74) is 4.46. The summed E-state index contributed by atoms with van der Waals surface area (Å²) < 4.78 is 6.23. The first kappa shape index (κ1) is 11.8. The summed E-state index contributed by atoms with van der Waals surface area (Å²) in [4.78, 5) is 12.4. The Morgan fingerprint density at radius 3 is 2.61 bits per heavy atom. The van der Waals surface area contributed by atoms with Crippen LogP contribution in [0.1, 0.15) is 48.4 Å². The van der Waals surface area contributed by atoms with E-state index in [1.807, 2.05) is 6.92 Å². The molecule has 2 unspecified atom stereocenters. The number of benzene rings is 1. The average Bonchev–Trinajstić information content (AvgIpc) is 2.68. The van der Waals surface area contributed by atoms with Crippen LogP contribution in [0.4, 0.5) is 0 Å². The van der Waals surface area contributed by atoms with Gasteiger partial charge in [0.25, 0.3) is 0 Å². The molecule has 1 aromatic carbocycles. The summed E-state index contributed by atoms with van der Waals surface area (Å²) in [6.45, 7) is 10.4. The van der Waals surface area contributed by atoms with Crippen molar-refractivity contribution in [1.82, 2.24) is 0 Å². The van der Waals surface area contributed by atoms with Crippen molar-refractivity contribution in [2.45, 2.75) is 52.6 Å². The lowest BCUT2D eigenvalue weighted by molar-refractivity contribution is -0.122. The molecule has 96 valence electrons. The van der Waals surface area contributed by atoms with Crippen LogP contribution >= 0.6 is 0 Å². The topological polar surface area (TPSA) is 26.3 Å². The second kappa shape index (κ2) is 3.37. The molecular formula is C16H20O2. The van der Waals surface area contributed by atoms with Crippen molar-refractivity contribution in [3.8, 4) is 5.75 Å². The zero-order valence-corrected chi connectivity index (χ0v) is 11.8. The highest BCUT2D eigenvalue weighted by atomic mass is 16.5. The van der Waals surface area contributed by atoms with E-state index in [-0.39, 0.29) is 17.4 Å². The van der Waals surface area contributed by atoms with E-state index in [0.29, 0.717) is 5.78 Å². The molecule has 0 spiro atoms. The molecule has 0 aromatic heterocycles. The molecule has 3 rings (SSSR count). The number of carbonyl (C=O) groups is 1. The standard InChI is InChI=1S/C16H20O2/c1-8-6-9(2)12-13-14(17)10(3)7-16(13,5)18-15(12)11(8)4/h6,10,13H,7H2,1-5H3/t10?,13-,16?/m0/s1. The Morgan fingerprint density at radius 1 is 1.28 bits per heavy atom. The van der Waals surface area contributed by atoms with E-state index in [1.54, 1.807) is 0 Å². The molecule has 0 saturated heterocycles. The third-order valence-corrected chi connectivity index (χ3v) is 4.75. The Bertz CT molecular complexity index is 559. The van der Waals surface area contributed by atoms with Crippen LogP contribution in [0.5, 0.6) is 5.75 Å². The van der Waals surface area contributed by atoms with E-state index < -0.39 is 0 Å². The molecule has 2 aliphatic rings. The summed E-state index contributed by atoms with van der Waals surface area (Å²) in [5, 5.41) is 0. The zero-order chi connectivity index (χ0) is 13.2. The van der Waals surface area contributed by atoms with Crippen LogP contribution in [0, 0.1) is 26.7 Å². The highest BCUT2D eigenvalue weighted by Crippen LogP contribution is 2.55. The smallest absolute Gasteiger partial charge is 0.147 e. The van der Waals surface area contributed by atoms with Gasteiger partial charge in [-0.15, -0.1) is 0 Å². The maximum Gasteiger partial charge on any atom is 0.147 e. The molecule has 2 heteroatoms. The zero-order valence-electron chi connectivity index (χ0n) is 11.8. The van der Waals surface area contributed by atoms with Gasteiger partial charge in [-0.25, -0.2) is 0 Å². The first-order chi connectivity index (χ1) is 8.35. The predicted octanol–water partition coefficient (Wildman–Crippen LogP) is 3.46. The Labute approximate surface area is 108 Å². The summed E-state index contributed by atoms with van der Waals surface area (Å²) in [6, 6.07) is 2.18. The van der Waals surface area contributed by atoms with Gasteiger partial charge in [-0.2, -0.15) is 0 Å². The molecule has 1 saturated carbocycles. The quantitative estimate of drug-likeness (QED) is 0.698. The van der Waals surface area contributed by atoms with Gasteiger partial charge in [0, 0.05) is 11.5 Å². The van der Waals surface area contributed by atoms with Crippen molar-refractivity contribution < 1.29 is 9.53 Å². The van der Waals surface area contributed by atoms with Crippen molar-refractivity contribution in [3.63, 3.8) is 0 Å². The number of rotatable bonds is 0. The molecule has 2 nitrogen and oxygen atoms in total. The van der Waals surface area contributed by atoms with Gasteiger partial charge < -0.3 is 4.74 Å². The number of ether oxygens (including phenoxy) is 1. The van der Waals surface area contributed by atoms with Crippen molar-refractivity contribution >= 4 is 5.78 Å². The van der Waals surface area contributed by atoms with Gasteiger partial charge in [-0.3, -0.25) is 4.79 Å². The fourth-order valence-electron chi connectivity index (χ4n) is 3.75. The van der Waals surface area contributed by atoms with E-state index in [1.165, 1.54) is 16.7 Å². The van der Waals surface area contributed by atoms with Gasteiger partial charge in [-0.1, -0.05) is 13.0 Å². The fraction of sp³-hybridized carbons (Fsp3) is 0.562. The Kier molecular flexibility index (Phi) is 2.20. The molecule has 0 bridgehead atoms. The molecule has 3 atom stereocenters. The fourth-order valence-corrected chi connectivity index (χ4v) is 3.75. The molecule has 1 aromatic rings. The number of Topliss-reactive ketones (excluding diaryl/α,β-unsaturated/α-hetero) is 1. The number of hydrogen-bond acceptors (Lipinski definition) is 2. The molecular weight excluding hydrogens is 224 g/mol. The lowest BCUT2D eigenvalue weighted by Crippen LogP contribution is -2.31. The van der Waals surface area contributed by atoms with Gasteiger partial charge in [0.05, 0.1) is 5.92 Å². The van der Waals surface area contributed by atoms with E-state index >= 15 is 0 Å². The second-order valence-corrected chi connectivity index (χ2v) is 6.23. The molecule has 1 fully saturated rings. The molecule has 1 heterocycles. The number of hydrogen-bond donors (Lipinski definition) is 0. The molecule has 0 radical (unpaired) electrons. The third kappa shape index (κ3) is 1.26. The number of fused-ring (bicyclic) bond motifs is 3. The Balaban J connectivity index is 2.25. The van der Waals surface area contributed by atoms with Crippen molar-refractivity contribution in [2.24, 2.45) is 5.92 Å². The van der Waals surface area contributed by atoms with E-state index in [9.17, 15) is 4.79 Å². The number of ketones is 1. The monoisotopic (exact) mass is 244 g/mol. The predicted molar refractivity (Wildman–Crippen MR) is 71.2 cm³/mol. The van der Waals surface area contributed by atoms with Crippen molar-refractivity contribution in [2.75, 3.05) is 0 Å². The van der Waals surface area contributed by atoms with Crippen LogP contribution in [0.3, 0.4) is 0 Å². The lowest BCUT2D eigenvalue weighted by atomic mass is 9.84. The minimum atomic E-state index is -0.317. The summed E-state index contributed by atoms with van der Waals surface area (Å²) in [7, 11) is 0. The van der Waals surface area contributed by atoms with Gasteiger partial charge in [0.1, 0.15) is 17.1 Å². The minimum Gasteiger partial charge on any atom is -0.486 e. The molecule has 1 aliphatic heterocycles. The minimum absolute atomic E-state index is 0.0539. The van der Waals surface area contributed by atoms with Crippen molar-refractivity contribution in [3.05, 3.63) is 28.3 Å². The summed E-state index contributed by atoms with van der Waals surface area (Å²) in [5.74, 6) is 1.39. The SMILES string of the molecule is Cc1cc(C)c2c(c1C)OC1(C)CC(C)C(=O)[C@H]21. The van der Waals surface area contributed by atoms with E-state index in [4.69, 9.17) is 4.74 Å². The summed E-state index contributed by atoms with van der Waals surface area (Å²) >= 11 is 0. The molecule has 0 amide bonds. The Hall–Kier alpha value is -1.31. The van der Waals surface area contributed by atoms with Crippen molar-refractivity contribution in [1.29, 1.82) is 0 Å². The lowest BCUT2D eigenvalue weighted by Gasteiger charge is -2.22. The van der Waals surface area contributed by atoms with Gasteiger partial charge >= 0.3 is 0 Å². The normalized spacial score (nSPS) is 33.3. The first-order valence-electron chi connectivity index (χ1n) is 6.68. The van der Waals surface area contributed by atoms with Crippen LogP contribution in [-0.2, 0) is 4.79 Å². The molecule has 18 heavy (non-hydrogen) atoms. The second-order valence-electron chi connectivity index (χ2n) is 6.23. The van der Waals surface area contributed by atoms with E-state index in [2.05, 4.69) is 33.8 Å². The summed E-state index contributed by atoms with van der Waals surface area (Å²) in [6.07, 6.45) is 0.836. The van der Waals surface area contributed by atoms with Crippen LogP contribution in [-0.4, -0.2) is 11.4 Å². The van der Waals surface area contributed by atoms with Crippen LogP contribution in [0.2, 0.25) is 0 Å². The van der Waals surface area contributed by atoms with Crippen LogP contribution in [0.25, 0.3) is 0 Å². The van der Waals surface area contributed by atoms with Crippen LogP contribution in [0.15, 0.2) is 6.07 Å². The highest BCUT2D eigenvalue weighted by Gasteiger charge is 2.56. The average molecular weight is 244 g/mol. The van der Waals surface area contributed by atoms with Gasteiger partial charge in [0.2, 0.25) is 0 Å². The van der Waals surface area contributed by atoms with Crippen LogP contribution < -0.4 is 4.74 Å². The number of aryl methyl sites for hydroxylation is 2. The highest BCUT2D eigenvalue weighted by molar-refractivity contribution is 5.94. The first-order valence-corrected chi connectivity index (χ1v) is 6.68. The number of carbonyl (C=O) groups excluding carboxylic acids is 1. The third-order valence-electron chi connectivity index (χ3n) is 4.75.